The molecule has 1 aromatic carbocycles. The first kappa shape index (κ1) is 16.9. The summed E-state index contributed by atoms with van der Waals surface area (Å²) >= 11 is 0. The molecule has 2 amide bonds. The molecule has 0 aromatic heterocycles. The highest BCUT2D eigenvalue weighted by Gasteiger charge is 2.29. The van der Waals surface area contributed by atoms with Gasteiger partial charge in [0.1, 0.15) is 5.82 Å². The number of piperazine rings is 1. The Bertz CT molecular complexity index is 594. The van der Waals surface area contributed by atoms with E-state index in [0.717, 1.165) is 25.9 Å². The van der Waals surface area contributed by atoms with Gasteiger partial charge in [-0.15, -0.1) is 0 Å². The molecule has 1 N–H and O–H groups in total. The van der Waals surface area contributed by atoms with E-state index in [1.165, 1.54) is 6.07 Å². The van der Waals surface area contributed by atoms with Crippen molar-refractivity contribution in [2.45, 2.75) is 19.3 Å². The minimum atomic E-state index is -0.343. The third-order valence-electron chi connectivity index (χ3n) is 4.89. The van der Waals surface area contributed by atoms with Gasteiger partial charge in [-0.2, -0.15) is 0 Å². The van der Waals surface area contributed by atoms with Crippen molar-refractivity contribution in [2.75, 3.05) is 39.3 Å². The highest BCUT2D eigenvalue weighted by atomic mass is 19.1. The Morgan fingerprint density at radius 2 is 1.83 bits per heavy atom. The van der Waals surface area contributed by atoms with Crippen LogP contribution in [0.15, 0.2) is 24.3 Å². The first-order chi connectivity index (χ1) is 11.6. The van der Waals surface area contributed by atoms with E-state index < -0.39 is 0 Å². The highest BCUT2D eigenvalue weighted by molar-refractivity contribution is 5.81. The van der Waals surface area contributed by atoms with Gasteiger partial charge in [0.2, 0.25) is 11.8 Å². The van der Waals surface area contributed by atoms with E-state index in [1.54, 1.807) is 23.1 Å². The van der Waals surface area contributed by atoms with Crippen LogP contribution in [-0.2, 0) is 16.0 Å². The van der Waals surface area contributed by atoms with E-state index in [-0.39, 0.29) is 30.0 Å². The number of piperidine rings is 1. The van der Waals surface area contributed by atoms with Crippen LogP contribution in [0.2, 0.25) is 0 Å². The first-order valence-electron chi connectivity index (χ1n) is 8.66. The lowest BCUT2D eigenvalue weighted by molar-refractivity contribution is -0.142. The van der Waals surface area contributed by atoms with Gasteiger partial charge in [0.15, 0.2) is 0 Å². The molecule has 2 aliphatic heterocycles. The summed E-state index contributed by atoms with van der Waals surface area (Å²) in [6, 6.07) is 6.37. The number of hydrogen-bond donors (Lipinski definition) is 1. The van der Waals surface area contributed by atoms with Crippen molar-refractivity contribution >= 4 is 11.8 Å². The average Bonchev–Trinajstić information content (AvgIpc) is 2.64. The number of hydrogen-bond acceptors (Lipinski definition) is 3. The van der Waals surface area contributed by atoms with Gasteiger partial charge in [0.25, 0.3) is 0 Å². The molecule has 2 saturated heterocycles. The molecule has 6 heteroatoms. The molecule has 2 heterocycles. The lowest BCUT2D eigenvalue weighted by Gasteiger charge is -2.37. The van der Waals surface area contributed by atoms with E-state index in [9.17, 15) is 14.0 Å². The molecule has 2 aliphatic rings. The Morgan fingerprint density at radius 1 is 1.12 bits per heavy atom. The largest absolute Gasteiger partial charge is 0.339 e. The Hall–Kier alpha value is -1.95. The SMILES string of the molecule is O=C(Cc1ccccc1F)N1CCN(C(=O)C2CCCNC2)CC1. The van der Waals surface area contributed by atoms with Gasteiger partial charge in [0, 0.05) is 32.7 Å². The van der Waals surface area contributed by atoms with Gasteiger partial charge in [-0.05, 0) is 31.0 Å². The zero-order valence-electron chi connectivity index (χ0n) is 13.8. The normalized spacial score (nSPS) is 21.6. The molecule has 0 bridgehead atoms. The number of benzene rings is 1. The predicted molar refractivity (Wildman–Crippen MR) is 88.9 cm³/mol. The zero-order chi connectivity index (χ0) is 16.9. The maximum Gasteiger partial charge on any atom is 0.227 e. The van der Waals surface area contributed by atoms with E-state index >= 15 is 0 Å². The quantitative estimate of drug-likeness (QED) is 0.899. The molecule has 130 valence electrons. The van der Waals surface area contributed by atoms with Crippen LogP contribution in [0.5, 0.6) is 0 Å². The lowest BCUT2D eigenvalue weighted by Crippen LogP contribution is -2.53. The topological polar surface area (TPSA) is 52.7 Å². The summed E-state index contributed by atoms with van der Waals surface area (Å²) in [5, 5.41) is 3.27. The molecular weight excluding hydrogens is 309 g/mol. The number of rotatable bonds is 3. The number of halogens is 1. The zero-order valence-corrected chi connectivity index (χ0v) is 13.8. The molecule has 24 heavy (non-hydrogen) atoms. The Balaban J connectivity index is 1.50. The minimum absolute atomic E-state index is 0.0689. The van der Waals surface area contributed by atoms with Crippen molar-refractivity contribution in [3.63, 3.8) is 0 Å². The Kier molecular flexibility index (Phi) is 5.45. The summed E-state index contributed by atoms with van der Waals surface area (Å²) in [6.07, 6.45) is 2.06. The van der Waals surface area contributed by atoms with Crippen molar-refractivity contribution in [3.05, 3.63) is 35.6 Å². The van der Waals surface area contributed by atoms with Crippen LogP contribution < -0.4 is 5.32 Å². The number of carbonyl (C=O) groups excluding carboxylic acids is 2. The van der Waals surface area contributed by atoms with Gasteiger partial charge in [-0.3, -0.25) is 9.59 Å². The molecule has 5 nitrogen and oxygen atoms in total. The summed E-state index contributed by atoms with van der Waals surface area (Å²) in [6.45, 7) is 3.93. The molecule has 1 atom stereocenters. The third kappa shape index (κ3) is 3.93. The molecule has 0 spiro atoms. The highest BCUT2D eigenvalue weighted by Crippen LogP contribution is 2.16. The number of carbonyl (C=O) groups is 2. The summed E-state index contributed by atoms with van der Waals surface area (Å²) in [4.78, 5) is 28.4. The van der Waals surface area contributed by atoms with Gasteiger partial charge < -0.3 is 15.1 Å². The van der Waals surface area contributed by atoms with Crippen LogP contribution in [0, 0.1) is 11.7 Å². The Labute approximate surface area is 141 Å². The third-order valence-corrected chi connectivity index (χ3v) is 4.89. The summed E-state index contributed by atoms with van der Waals surface area (Å²) in [5.74, 6) is -0.154. The van der Waals surface area contributed by atoms with Gasteiger partial charge in [-0.1, -0.05) is 18.2 Å². The van der Waals surface area contributed by atoms with Gasteiger partial charge in [0.05, 0.1) is 12.3 Å². The second-order valence-electron chi connectivity index (χ2n) is 6.52. The second-order valence-corrected chi connectivity index (χ2v) is 6.52. The number of nitrogens with one attached hydrogen (secondary N) is 1. The average molecular weight is 333 g/mol. The molecule has 1 unspecified atom stereocenters. The van der Waals surface area contributed by atoms with E-state index in [0.29, 0.717) is 31.7 Å². The van der Waals surface area contributed by atoms with Crippen molar-refractivity contribution in [1.82, 2.24) is 15.1 Å². The first-order valence-corrected chi connectivity index (χ1v) is 8.66. The summed E-state index contributed by atoms with van der Waals surface area (Å²) in [5.41, 5.74) is 0.425. The van der Waals surface area contributed by atoms with Gasteiger partial charge in [-0.25, -0.2) is 4.39 Å². The van der Waals surface area contributed by atoms with Crippen LogP contribution in [0.4, 0.5) is 4.39 Å². The van der Waals surface area contributed by atoms with Gasteiger partial charge >= 0.3 is 0 Å². The smallest absolute Gasteiger partial charge is 0.227 e. The van der Waals surface area contributed by atoms with Crippen molar-refractivity contribution < 1.29 is 14.0 Å². The minimum Gasteiger partial charge on any atom is -0.339 e. The second kappa shape index (κ2) is 7.75. The van der Waals surface area contributed by atoms with Crippen LogP contribution in [0.25, 0.3) is 0 Å². The molecule has 1 aromatic rings. The van der Waals surface area contributed by atoms with Crippen molar-refractivity contribution in [1.29, 1.82) is 0 Å². The summed E-state index contributed by atoms with van der Waals surface area (Å²) < 4.78 is 13.7. The van der Waals surface area contributed by atoms with Crippen LogP contribution in [0.1, 0.15) is 18.4 Å². The van der Waals surface area contributed by atoms with E-state index in [1.807, 2.05) is 4.90 Å². The van der Waals surface area contributed by atoms with Crippen LogP contribution in [-0.4, -0.2) is 60.9 Å². The molecule has 0 aliphatic carbocycles. The Morgan fingerprint density at radius 3 is 2.50 bits per heavy atom. The fourth-order valence-corrected chi connectivity index (χ4v) is 3.41. The number of amides is 2. The molecule has 2 fully saturated rings. The predicted octanol–water partition coefficient (Wildman–Crippen LogP) is 1.04. The molecule has 3 rings (SSSR count). The lowest BCUT2D eigenvalue weighted by atomic mass is 9.98. The molecular formula is C18H24FN3O2. The number of nitrogens with zero attached hydrogens (tertiary/aromatic N) is 2. The van der Waals surface area contributed by atoms with Crippen molar-refractivity contribution in [3.8, 4) is 0 Å². The van der Waals surface area contributed by atoms with E-state index in [2.05, 4.69) is 5.32 Å². The fourth-order valence-electron chi connectivity index (χ4n) is 3.41. The maximum absolute atomic E-state index is 13.7. The standard InChI is InChI=1S/C18H24FN3O2/c19-16-6-2-1-4-14(16)12-17(23)21-8-10-22(11-9-21)18(24)15-5-3-7-20-13-15/h1-2,4,6,15,20H,3,5,7-13H2. The van der Waals surface area contributed by atoms with Crippen molar-refractivity contribution in [2.24, 2.45) is 5.92 Å². The van der Waals surface area contributed by atoms with Crippen LogP contribution >= 0.6 is 0 Å². The monoisotopic (exact) mass is 333 g/mol. The summed E-state index contributed by atoms with van der Waals surface area (Å²) in [7, 11) is 0. The fraction of sp³-hybridized carbons (Fsp3) is 0.556. The molecule has 0 saturated carbocycles. The van der Waals surface area contributed by atoms with Crippen LogP contribution in [0.3, 0.4) is 0 Å². The molecule has 0 radical (unpaired) electrons. The maximum atomic E-state index is 13.7. The van der Waals surface area contributed by atoms with E-state index in [4.69, 9.17) is 0 Å².